The highest BCUT2D eigenvalue weighted by atomic mass is 35.5. The standard InChI is InChI=1S/C21H18Cl2N2O3/c1-27-17-9-7-15(8-10-17)25(16-4-3-5-18(13-16)28-2)24-21(26)14-6-11-19(22)20(23)12-14/h3-13H,1-2H3,(H,24,26). The number of benzene rings is 3. The maximum Gasteiger partial charge on any atom is 0.270 e. The van der Waals surface area contributed by atoms with Crippen LogP contribution in [0, 0.1) is 0 Å². The fourth-order valence-electron chi connectivity index (χ4n) is 2.56. The molecule has 0 unspecified atom stereocenters. The Morgan fingerprint density at radius 2 is 1.54 bits per heavy atom. The molecule has 0 aliphatic heterocycles. The van der Waals surface area contributed by atoms with Crippen molar-refractivity contribution in [3.63, 3.8) is 0 Å². The predicted molar refractivity (Wildman–Crippen MR) is 112 cm³/mol. The summed E-state index contributed by atoms with van der Waals surface area (Å²) in [5.41, 5.74) is 4.74. The lowest BCUT2D eigenvalue weighted by Gasteiger charge is -2.26. The molecule has 3 rings (SSSR count). The number of amides is 1. The first-order valence-corrected chi connectivity index (χ1v) is 9.11. The van der Waals surface area contributed by atoms with Crippen LogP contribution in [0.1, 0.15) is 10.4 Å². The lowest BCUT2D eigenvalue weighted by atomic mass is 10.2. The molecule has 7 heteroatoms. The summed E-state index contributed by atoms with van der Waals surface area (Å²) in [5.74, 6) is 1.04. The summed E-state index contributed by atoms with van der Waals surface area (Å²) in [4.78, 5) is 12.8. The molecule has 0 aliphatic rings. The van der Waals surface area contributed by atoms with Gasteiger partial charge < -0.3 is 9.47 Å². The van der Waals surface area contributed by atoms with Gasteiger partial charge in [-0.1, -0.05) is 29.3 Å². The molecular weight excluding hydrogens is 399 g/mol. The van der Waals surface area contributed by atoms with E-state index in [-0.39, 0.29) is 5.91 Å². The summed E-state index contributed by atoms with van der Waals surface area (Å²) < 4.78 is 10.5. The number of hydrogen-bond acceptors (Lipinski definition) is 4. The van der Waals surface area contributed by atoms with Crippen molar-refractivity contribution in [1.29, 1.82) is 0 Å². The third-order valence-corrected chi connectivity index (χ3v) is 4.78. The summed E-state index contributed by atoms with van der Waals surface area (Å²) in [6, 6.07) is 19.4. The van der Waals surface area contributed by atoms with E-state index in [1.54, 1.807) is 31.4 Å². The van der Waals surface area contributed by atoms with Crippen molar-refractivity contribution >= 4 is 40.5 Å². The number of halogens is 2. The molecule has 0 aromatic heterocycles. The van der Waals surface area contributed by atoms with Gasteiger partial charge in [0.25, 0.3) is 5.91 Å². The zero-order valence-electron chi connectivity index (χ0n) is 15.3. The van der Waals surface area contributed by atoms with Crippen LogP contribution >= 0.6 is 23.2 Å². The van der Waals surface area contributed by atoms with Gasteiger partial charge in [0.1, 0.15) is 11.5 Å². The van der Waals surface area contributed by atoms with E-state index >= 15 is 0 Å². The summed E-state index contributed by atoms with van der Waals surface area (Å²) >= 11 is 12.0. The second-order valence-electron chi connectivity index (χ2n) is 5.80. The van der Waals surface area contributed by atoms with Crippen molar-refractivity contribution in [3.8, 4) is 11.5 Å². The van der Waals surface area contributed by atoms with E-state index in [1.807, 2.05) is 48.5 Å². The Labute approximate surface area is 173 Å². The highest BCUT2D eigenvalue weighted by Crippen LogP contribution is 2.29. The number of carbonyl (C=O) groups excluding carboxylic acids is 1. The molecule has 0 aliphatic carbocycles. The molecular formula is C21H18Cl2N2O3. The molecule has 3 aromatic rings. The van der Waals surface area contributed by atoms with Crippen molar-refractivity contribution in [2.24, 2.45) is 0 Å². The Morgan fingerprint density at radius 3 is 2.18 bits per heavy atom. The fraction of sp³-hybridized carbons (Fsp3) is 0.0952. The molecule has 0 bridgehead atoms. The minimum Gasteiger partial charge on any atom is -0.497 e. The van der Waals surface area contributed by atoms with Crippen LogP contribution < -0.4 is 19.9 Å². The Hall–Kier alpha value is -2.89. The maximum absolute atomic E-state index is 12.8. The first kappa shape index (κ1) is 19.9. The third-order valence-electron chi connectivity index (χ3n) is 4.04. The Bertz CT molecular complexity index is 978. The van der Waals surface area contributed by atoms with Gasteiger partial charge >= 0.3 is 0 Å². The normalized spacial score (nSPS) is 10.3. The van der Waals surface area contributed by atoms with Crippen LogP contribution in [0.4, 0.5) is 11.4 Å². The molecule has 1 N–H and O–H groups in total. The molecule has 28 heavy (non-hydrogen) atoms. The summed E-state index contributed by atoms with van der Waals surface area (Å²) in [6.45, 7) is 0. The zero-order chi connectivity index (χ0) is 20.1. The zero-order valence-corrected chi connectivity index (χ0v) is 16.8. The molecule has 0 saturated carbocycles. The minimum atomic E-state index is -0.336. The number of carbonyl (C=O) groups is 1. The smallest absolute Gasteiger partial charge is 0.270 e. The topological polar surface area (TPSA) is 50.8 Å². The molecule has 0 fully saturated rings. The van der Waals surface area contributed by atoms with Crippen LogP contribution in [-0.4, -0.2) is 20.1 Å². The Balaban J connectivity index is 1.97. The van der Waals surface area contributed by atoms with Gasteiger partial charge in [-0.05, 0) is 54.6 Å². The minimum absolute atomic E-state index is 0.312. The van der Waals surface area contributed by atoms with Gasteiger partial charge in [-0.3, -0.25) is 15.2 Å². The van der Waals surface area contributed by atoms with Gasteiger partial charge in [0, 0.05) is 11.6 Å². The second kappa shape index (κ2) is 8.87. The molecule has 0 saturated heterocycles. The van der Waals surface area contributed by atoms with Crippen molar-refractivity contribution < 1.29 is 14.3 Å². The number of ether oxygens (including phenoxy) is 2. The number of nitrogens with zero attached hydrogens (tertiary/aromatic N) is 1. The van der Waals surface area contributed by atoms with Crippen LogP contribution in [0.15, 0.2) is 66.7 Å². The number of hydrazine groups is 1. The fourth-order valence-corrected chi connectivity index (χ4v) is 2.86. The van der Waals surface area contributed by atoms with Gasteiger partial charge in [-0.15, -0.1) is 0 Å². The molecule has 5 nitrogen and oxygen atoms in total. The summed E-state index contributed by atoms with van der Waals surface area (Å²) in [7, 11) is 3.19. The summed E-state index contributed by atoms with van der Waals surface area (Å²) in [6.07, 6.45) is 0. The molecule has 1 amide bonds. The second-order valence-corrected chi connectivity index (χ2v) is 6.62. The van der Waals surface area contributed by atoms with E-state index in [2.05, 4.69) is 5.43 Å². The highest BCUT2D eigenvalue weighted by Gasteiger charge is 2.16. The molecule has 0 heterocycles. The van der Waals surface area contributed by atoms with Gasteiger partial charge in [0.05, 0.1) is 35.6 Å². The SMILES string of the molecule is COc1ccc(N(NC(=O)c2ccc(Cl)c(Cl)c2)c2cccc(OC)c2)cc1. The van der Waals surface area contributed by atoms with Crippen molar-refractivity contribution in [3.05, 3.63) is 82.3 Å². The average molecular weight is 417 g/mol. The van der Waals surface area contributed by atoms with Gasteiger partial charge in [-0.25, -0.2) is 0 Å². The van der Waals surface area contributed by atoms with Crippen LogP contribution in [0.25, 0.3) is 0 Å². The number of hydrogen-bond donors (Lipinski definition) is 1. The van der Waals surface area contributed by atoms with E-state index in [0.29, 0.717) is 27.1 Å². The van der Waals surface area contributed by atoms with Crippen LogP contribution in [0.2, 0.25) is 10.0 Å². The van der Waals surface area contributed by atoms with Gasteiger partial charge in [0.2, 0.25) is 0 Å². The first-order chi connectivity index (χ1) is 13.5. The van der Waals surface area contributed by atoms with Crippen molar-refractivity contribution in [1.82, 2.24) is 5.43 Å². The third kappa shape index (κ3) is 4.50. The van der Waals surface area contributed by atoms with Crippen molar-refractivity contribution in [2.75, 3.05) is 19.2 Å². The van der Waals surface area contributed by atoms with Crippen molar-refractivity contribution in [2.45, 2.75) is 0 Å². The quantitative estimate of drug-likeness (QED) is 0.539. The molecule has 3 aromatic carbocycles. The van der Waals surface area contributed by atoms with Gasteiger partial charge in [0.15, 0.2) is 0 Å². The van der Waals surface area contributed by atoms with Crippen LogP contribution in [0.3, 0.4) is 0 Å². The Kier molecular flexibility index (Phi) is 6.29. The predicted octanol–water partition coefficient (Wildman–Crippen LogP) is 5.49. The molecule has 0 spiro atoms. The lowest BCUT2D eigenvalue weighted by Crippen LogP contribution is -2.39. The monoisotopic (exact) mass is 416 g/mol. The molecule has 0 radical (unpaired) electrons. The Morgan fingerprint density at radius 1 is 0.821 bits per heavy atom. The lowest BCUT2D eigenvalue weighted by molar-refractivity contribution is 0.0953. The molecule has 144 valence electrons. The average Bonchev–Trinajstić information content (AvgIpc) is 2.74. The van der Waals surface area contributed by atoms with E-state index in [0.717, 1.165) is 11.4 Å². The van der Waals surface area contributed by atoms with Crippen LogP contribution in [0.5, 0.6) is 11.5 Å². The van der Waals surface area contributed by atoms with E-state index in [9.17, 15) is 4.79 Å². The van der Waals surface area contributed by atoms with Crippen LogP contribution in [-0.2, 0) is 0 Å². The largest absolute Gasteiger partial charge is 0.497 e. The first-order valence-electron chi connectivity index (χ1n) is 8.36. The highest BCUT2D eigenvalue weighted by molar-refractivity contribution is 6.42. The molecule has 0 atom stereocenters. The number of methoxy groups -OCH3 is 2. The van der Waals surface area contributed by atoms with Gasteiger partial charge in [-0.2, -0.15) is 0 Å². The summed E-state index contributed by atoms with van der Waals surface area (Å²) in [5, 5.41) is 2.36. The number of nitrogens with one attached hydrogen (secondary N) is 1. The maximum atomic E-state index is 12.8. The number of rotatable bonds is 6. The van der Waals surface area contributed by atoms with E-state index in [1.165, 1.54) is 6.07 Å². The number of anilines is 2. The van der Waals surface area contributed by atoms with E-state index in [4.69, 9.17) is 32.7 Å². The van der Waals surface area contributed by atoms with E-state index < -0.39 is 0 Å².